The highest BCUT2D eigenvalue weighted by Gasteiger charge is 2.21. The number of nitro benzene ring substituents is 1. The molecule has 160 valence electrons. The van der Waals surface area contributed by atoms with Crippen LogP contribution in [0.2, 0.25) is 5.02 Å². The zero-order valence-electron chi connectivity index (χ0n) is 15.8. The molecular weight excluding hydrogens is 425 g/mol. The summed E-state index contributed by atoms with van der Waals surface area (Å²) >= 11 is 5.36. The third-order valence-corrected chi connectivity index (χ3v) is 4.02. The Kier molecular flexibility index (Phi) is 8.87. The first-order valence-corrected chi connectivity index (χ1v) is 8.81. The first kappa shape index (κ1) is 24.5. The Morgan fingerprint density at radius 3 is 2.20 bits per heavy atom. The second kappa shape index (κ2) is 10.9. The number of carbonyl (C=O) groups is 3. The number of nitrogens with zero attached hydrogens (tertiary/aromatic N) is 1. The second-order valence-electron chi connectivity index (χ2n) is 5.56. The molecule has 0 aromatic heterocycles. The van der Waals surface area contributed by atoms with E-state index in [1.165, 1.54) is 6.07 Å². The number of carbonyl (C=O) groups excluding carboxylic acids is 1. The Bertz CT molecular complexity index is 957. The van der Waals surface area contributed by atoms with Gasteiger partial charge in [-0.25, -0.2) is 14.4 Å². The third kappa shape index (κ3) is 5.98. The molecule has 11 heteroatoms. The van der Waals surface area contributed by atoms with Crippen molar-refractivity contribution in [2.24, 2.45) is 0 Å². The molecule has 2 aromatic rings. The predicted octanol–water partition coefficient (Wildman–Crippen LogP) is 4.21. The van der Waals surface area contributed by atoms with Crippen LogP contribution in [0.5, 0.6) is 0 Å². The third-order valence-electron chi connectivity index (χ3n) is 3.71. The smallest absolute Gasteiger partial charge is 0.339 e. The van der Waals surface area contributed by atoms with E-state index in [-0.39, 0.29) is 22.8 Å². The lowest BCUT2D eigenvalue weighted by atomic mass is 9.99. The largest absolute Gasteiger partial charge is 0.478 e. The summed E-state index contributed by atoms with van der Waals surface area (Å²) in [4.78, 5) is 42.4. The van der Waals surface area contributed by atoms with Gasteiger partial charge in [0.15, 0.2) is 0 Å². The van der Waals surface area contributed by atoms with Crippen molar-refractivity contribution in [3.63, 3.8) is 0 Å². The van der Waals surface area contributed by atoms with E-state index in [0.29, 0.717) is 24.1 Å². The summed E-state index contributed by atoms with van der Waals surface area (Å²) in [5.41, 5.74) is -0.554. The van der Waals surface area contributed by atoms with Gasteiger partial charge in [-0.3, -0.25) is 10.1 Å². The SMILES string of the molecule is CCOC(=O)c1c(CC)cccc1C(=O)O.O=C(O)c1cc([N+](=O)[O-])c(F)cc1Cl. The zero-order chi connectivity index (χ0) is 23.0. The maximum atomic E-state index is 12.8. The van der Waals surface area contributed by atoms with Gasteiger partial charge in [-0.05, 0) is 25.0 Å². The van der Waals surface area contributed by atoms with Crippen molar-refractivity contribution in [2.45, 2.75) is 20.3 Å². The number of halogens is 2. The van der Waals surface area contributed by atoms with Crippen molar-refractivity contribution in [2.75, 3.05) is 6.61 Å². The molecule has 0 saturated carbocycles. The van der Waals surface area contributed by atoms with Gasteiger partial charge in [0, 0.05) is 12.1 Å². The summed E-state index contributed by atoms with van der Waals surface area (Å²) < 4.78 is 17.7. The average molecular weight is 442 g/mol. The number of carboxylic acids is 2. The monoisotopic (exact) mass is 441 g/mol. The zero-order valence-corrected chi connectivity index (χ0v) is 16.6. The summed E-state index contributed by atoms with van der Waals surface area (Å²) in [6.07, 6.45) is 0.593. The Hall–Kier alpha value is -3.53. The number of benzene rings is 2. The van der Waals surface area contributed by atoms with Crippen molar-refractivity contribution >= 4 is 35.2 Å². The molecule has 0 aliphatic heterocycles. The highest BCUT2D eigenvalue weighted by Crippen LogP contribution is 2.25. The summed E-state index contributed by atoms with van der Waals surface area (Å²) in [7, 11) is 0. The van der Waals surface area contributed by atoms with Crippen molar-refractivity contribution in [3.8, 4) is 0 Å². The lowest BCUT2D eigenvalue weighted by molar-refractivity contribution is -0.387. The molecule has 0 bridgehead atoms. The summed E-state index contributed by atoms with van der Waals surface area (Å²) in [6.45, 7) is 3.78. The molecule has 0 atom stereocenters. The minimum Gasteiger partial charge on any atom is -0.478 e. The number of carboxylic acid groups (broad SMARTS) is 2. The molecule has 0 amide bonds. The molecule has 0 fully saturated rings. The van der Waals surface area contributed by atoms with Crippen LogP contribution in [0.25, 0.3) is 0 Å². The van der Waals surface area contributed by atoms with Crippen LogP contribution in [0.1, 0.15) is 50.5 Å². The average Bonchev–Trinajstić information content (AvgIpc) is 2.67. The standard InChI is InChI=1S/C12H14O4.C7H3ClFNO4/c1-3-8-6-5-7-9(11(13)14)10(8)12(15)16-4-2;8-4-2-5(9)6(10(13)14)1-3(4)7(11)12/h5-7H,3-4H2,1-2H3,(H,13,14);1-2H,(H,11,12). The van der Waals surface area contributed by atoms with Gasteiger partial charge < -0.3 is 14.9 Å². The summed E-state index contributed by atoms with van der Waals surface area (Å²) in [6, 6.07) is 5.96. The first-order valence-electron chi connectivity index (χ1n) is 8.44. The van der Waals surface area contributed by atoms with Gasteiger partial charge in [0.2, 0.25) is 5.82 Å². The van der Waals surface area contributed by atoms with E-state index < -0.39 is 39.9 Å². The molecule has 9 nitrogen and oxygen atoms in total. The van der Waals surface area contributed by atoms with E-state index in [0.717, 1.165) is 0 Å². The number of hydrogen-bond donors (Lipinski definition) is 2. The summed E-state index contributed by atoms with van der Waals surface area (Å²) in [5.74, 6) is -4.29. The number of hydrogen-bond acceptors (Lipinski definition) is 6. The molecule has 0 spiro atoms. The molecule has 2 rings (SSSR count). The molecule has 2 aromatic carbocycles. The fourth-order valence-electron chi connectivity index (χ4n) is 2.36. The molecule has 0 unspecified atom stereocenters. The van der Waals surface area contributed by atoms with Crippen molar-refractivity contribution in [1.82, 2.24) is 0 Å². The Labute approximate surface area is 174 Å². The normalized spacial score (nSPS) is 9.87. The van der Waals surface area contributed by atoms with E-state index in [2.05, 4.69) is 0 Å². The quantitative estimate of drug-likeness (QED) is 0.385. The van der Waals surface area contributed by atoms with E-state index in [4.69, 9.17) is 26.6 Å². The molecule has 0 radical (unpaired) electrons. The van der Waals surface area contributed by atoms with Crippen LogP contribution in [-0.4, -0.2) is 39.7 Å². The topological polar surface area (TPSA) is 144 Å². The maximum absolute atomic E-state index is 12.8. The first-order chi connectivity index (χ1) is 14.0. The van der Waals surface area contributed by atoms with Gasteiger partial charge in [0.05, 0.1) is 33.2 Å². The van der Waals surface area contributed by atoms with Crippen LogP contribution in [0.15, 0.2) is 30.3 Å². The number of nitro groups is 1. The van der Waals surface area contributed by atoms with Gasteiger partial charge in [0.1, 0.15) is 0 Å². The molecular formula is C19H17ClFNO8. The number of esters is 1. The second-order valence-corrected chi connectivity index (χ2v) is 5.97. The highest BCUT2D eigenvalue weighted by molar-refractivity contribution is 6.33. The molecule has 0 aliphatic rings. The molecule has 0 aliphatic carbocycles. The van der Waals surface area contributed by atoms with Crippen molar-refractivity contribution < 1.29 is 38.6 Å². The van der Waals surface area contributed by atoms with E-state index in [9.17, 15) is 28.9 Å². The molecule has 0 saturated heterocycles. The number of aromatic carboxylic acids is 2. The maximum Gasteiger partial charge on any atom is 0.339 e. The number of rotatable bonds is 6. The Morgan fingerprint density at radius 2 is 1.73 bits per heavy atom. The Balaban J connectivity index is 0.000000303. The minimum absolute atomic E-state index is 0.00204. The van der Waals surface area contributed by atoms with Gasteiger partial charge in [-0.2, -0.15) is 4.39 Å². The number of ether oxygens (including phenoxy) is 1. The van der Waals surface area contributed by atoms with Crippen LogP contribution in [0.4, 0.5) is 10.1 Å². The molecule has 0 heterocycles. The van der Waals surface area contributed by atoms with E-state index >= 15 is 0 Å². The van der Waals surface area contributed by atoms with Gasteiger partial charge in [-0.15, -0.1) is 0 Å². The van der Waals surface area contributed by atoms with Gasteiger partial charge in [0.25, 0.3) is 0 Å². The lowest BCUT2D eigenvalue weighted by Gasteiger charge is -2.09. The van der Waals surface area contributed by atoms with E-state index in [1.54, 1.807) is 19.1 Å². The van der Waals surface area contributed by atoms with Crippen molar-refractivity contribution in [3.05, 3.63) is 73.5 Å². The van der Waals surface area contributed by atoms with Crippen LogP contribution in [0.3, 0.4) is 0 Å². The summed E-state index contributed by atoms with van der Waals surface area (Å²) in [5, 5.41) is 27.4. The predicted molar refractivity (Wildman–Crippen MR) is 104 cm³/mol. The fourth-order valence-corrected chi connectivity index (χ4v) is 2.59. The van der Waals surface area contributed by atoms with Crippen molar-refractivity contribution in [1.29, 1.82) is 0 Å². The van der Waals surface area contributed by atoms with Crippen LogP contribution in [0, 0.1) is 15.9 Å². The molecule has 2 N–H and O–H groups in total. The molecule has 30 heavy (non-hydrogen) atoms. The van der Waals surface area contributed by atoms with Crippen LogP contribution in [-0.2, 0) is 11.2 Å². The number of aryl methyl sites for hydroxylation is 1. The van der Waals surface area contributed by atoms with E-state index in [1.807, 2.05) is 6.92 Å². The lowest BCUT2D eigenvalue weighted by Crippen LogP contribution is -2.14. The van der Waals surface area contributed by atoms with Gasteiger partial charge in [-0.1, -0.05) is 30.7 Å². The fraction of sp³-hybridized carbons (Fsp3) is 0.211. The minimum atomic E-state index is -1.45. The van der Waals surface area contributed by atoms with Crippen LogP contribution >= 0.6 is 11.6 Å². The highest BCUT2D eigenvalue weighted by atomic mass is 35.5. The Morgan fingerprint density at radius 1 is 1.13 bits per heavy atom. The van der Waals surface area contributed by atoms with Gasteiger partial charge >= 0.3 is 23.6 Å². The van der Waals surface area contributed by atoms with Crippen LogP contribution < -0.4 is 0 Å².